The fourth-order valence-corrected chi connectivity index (χ4v) is 4.23. The second-order valence-electron chi connectivity index (χ2n) is 7.59. The lowest BCUT2D eigenvalue weighted by atomic mass is 10.0. The quantitative estimate of drug-likeness (QED) is 0.572. The number of nitrogens with one attached hydrogen (secondary N) is 2. The molecule has 2 N–H and O–H groups in total. The molecule has 0 bridgehead atoms. The van der Waals surface area contributed by atoms with Crippen LogP contribution >= 0.6 is 15.9 Å². The molecule has 1 atom stereocenters. The number of hydrogen-bond acceptors (Lipinski definition) is 5. The van der Waals surface area contributed by atoms with Gasteiger partial charge in [0.1, 0.15) is 12.1 Å². The summed E-state index contributed by atoms with van der Waals surface area (Å²) in [7, 11) is 0. The van der Waals surface area contributed by atoms with Crippen LogP contribution in [-0.4, -0.2) is 33.2 Å². The van der Waals surface area contributed by atoms with Crippen LogP contribution in [0.15, 0.2) is 41.1 Å². The summed E-state index contributed by atoms with van der Waals surface area (Å²) in [5, 5.41) is 9.88. The van der Waals surface area contributed by atoms with Crippen molar-refractivity contribution in [2.45, 2.75) is 33.2 Å². The molecule has 3 aromatic rings. The average molecular weight is 484 g/mol. The van der Waals surface area contributed by atoms with Crippen LogP contribution in [0.25, 0.3) is 0 Å². The Morgan fingerprint density at radius 3 is 2.74 bits per heavy atom. The molecule has 1 aliphatic heterocycles. The Hall–Kier alpha value is -3.20. The molecule has 2 aromatic carbocycles. The van der Waals surface area contributed by atoms with E-state index in [0.717, 1.165) is 32.4 Å². The smallest absolute Gasteiger partial charge is 0.262 e. The molecule has 8 nitrogen and oxygen atoms in total. The van der Waals surface area contributed by atoms with Gasteiger partial charge in [-0.15, -0.1) is 0 Å². The minimum absolute atomic E-state index is 0.153. The maximum absolute atomic E-state index is 12.6. The molecule has 0 radical (unpaired) electrons. The van der Waals surface area contributed by atoms with Gasteiger partial charge >= 0.3 is 0 Å². The van der Waals surface area contributed by atoms with Gasteiger partial charge < -0.3 is 10.1 Å². The number of fused-ring (bicyclic) bond motifs is 1. The van der Waals surface area contributed by atoms with Crippen molar-refractivity contribution in [1.29, 1.82) is 0 Å². The number of carbonyl (C=O) groups is 2. The van der Waals surface area contributed by atoms with Crippen molar-refractivity contribution < 1.29 is 14.3 Å². The molecule has 9 heteroatoms. The predicted molar refractivity (Wildman–Crippen MR) is 120 cm³/mol. The highest BCUT2D eigenvalue weighted by Gasteiger charge is 2.30. The molecule has 2 amide bonds. The highest BCUT2D eigenvalue weighted by Crippen LogP contribution is 2.36. The van der Waals surface area contributed by atoms with Crippen LogP contribution in [0, 0.1) is 20.8 Å². The van der Waals surface area contributed by atoms with E-state index in [0.29, 0.717) is 11.7 Å². The first-order valence-corrected chi connectivity index (χ1v) is 10.6. The molecule has 0 spiro atoms. The molecule has 0 unspecified atom stereocenters. The van der Waals surface area contributed by atoms with Crippen LogP contribution in [0.3, 0.4) is 0 Å². The summed E-state index contributed by atoms with van der Waals surface area (Å²) >= 11 is 3.47. The van der Waals surface area contributed by atoms with E-state index in [2.05, 4.69) is 36.6 Å². The molecule has 0 saturated heterocycles. The molecule has 0 aliphatic carbocycles. The van der Waals surface area contributed by atoms with Gasteiger partial charge in [0.2, 0.25) is 11.9 Å². The number of benzene rings is 2. The first kappa shape index (κ1) is 21.0. The number of carbonyl (C=O) groups excluding carboxylic acids is 2. The van der Waals surface area contributed by atoms with Crippen molar-refractivity contribution in [2.75, 3.05) is 17.2 Å². The van der Waals surface area contributed by atoms with Crippen LogP contribution in [0.4, 0.5) is 11.6 Å². The number of amides is 2. The third-order valence-electron chi connectivity index (χ3n) is 5.13. The number of halogens is 1. The van der Waals surface area contributed by atoms with Crippen molar-refractivity contribution in [3.05, 3.63) is 63.4 Å². The van der Waals surface area contributed by atoms with Crippen LogP contribution in [-0.2, 0) is 9.59 Å². The molecule has 4 rings (SSSR count). The Bertz CT molecular complexity index is 1150. The van der Waals surface area contributed by atoms with Crippen molar-refractivity contribution in [3.8, 4) is 5.75 Å². The second kappa shape index (κ2) is 8.50. The predicted octanol–water partition coefficient (Wildman–Crippen LogP) is 3.91. The van der Waals surface area contributed by atoms with Gasteiger partial charge in [-0.05, 0) is 50.1 Å². The van der Waals surface area contributed by atoms with Crippen LogP contribution in [0.2, 0.25) is 0 Å². The Balaban J connectivity index is 1.54. The van der Waals surface area contributed by atoms with Gasteiger partial charge in [-0.2, -0.15) is 10.1 Å². The highest BCUT2D eigenvalue weighted by molar-refractivity contribution is 9.10. The minimum Gasteiger partial charge on any atom is -0.483 e. The molecular weight excluding hydrogens is 462 g/mol. The monoisotopic (exact) mass is 483 g/mol. The van der Waals surface area contributed by atoms with Gasteiger partial charge in [0.25, 0.3) is 5.91 Å². The SMILES string of the molecule is Cc1cc(C)c(NC(=O)COc2ccc(Br)cc2[C@@H]2CC(=O)Nc3ncnn32)c(C)c1. The summed E-state index contributed by atoms with van der Waals surface area (Å²) in [6.45, 7) is 5.79. The van der Waals surface area contributed by atoms with Gasteiger partial charge in [0.15, 0.2) is 6.61 Å². The summed E-state index contributed by atoms with van der Waals surface area (Å²) in [6.07, 6.45) is 1.59. The van der Waals surface area contributed by atoms with E-state index in [-0.39, 0.29) is 30.9 Å². The Morgan fingerprint density at radius 2 is 2.00 bits per heavy atom. The first-order valence-electron chi connectivity index (χ1n) is 9.81. The fourth-order valence-electron chi connectivity index (χ4n) is 3.85. The number of anilines is 2. The largest absolute Gasteiger partial charge is 0.483 e. The lowest BCUT2D eigenvalue weighted by Gasteiger charge is -2.25. The van der Waals surface area contributed by atoms with E-state index >= 15 is 0 Å². The van der Waals surface area contributed by atoms with Crippen molar-refractivity contribution in [3.63, 3.8) is 0 Å². The highest BCUT2D eigenvalue weighted by atomic mass is 79.9. The van der Waals surface area contributed by atoms with Crippen molar-refractivity contribution >= 4 is 39.4 Å². The number of aryl methyl sites for hydroxylation is 3. The van der Waals surface area contributed by atoms with Crippen LogP contribution in [0.5, 0.6) is 5.75 Å². The lowest BCUT2D eigenvalue weighted by molar-refractivity contribution is -0.118. The van der Waals surface area contributed by atoms with Crippen LogP contribution in [0.1, 0.15) is 34.7 Å². The maximum atomic E-state index is 12.6. The average Bonchev–Trinajstić information content (AvgIpc) is 3.17. The summed E-state index contributed by atoms with van der Waals surface area (Å²) in [6, 6.07) is 9.15. The Labute approximate surface area is 188 Å². The topological polar surface area (TPSA) is 98.1 Å². The molecule has 1 aliphatic rings. The zero-order chi connectivity index (χ0) is 22.1. The van der Waals surface area contributed by atoms with E-state index in [9.17, 15) is 9.59 Å². The number of rotatable bonds is 5. The third-order valence-corrected chi connectivity index (χ3v) is 5.62. The van der Waals surface area contributed by atoms with Gasteiger partial charge in [-0.25, -0.2) is 4.68 Å². The summed E-state index contributed by atoms with van der Waals surface area (Å²) in [5.41, 5.74) is 4.69. The number of nitrogens with zero attached hydrogens (tertiary/aromatic N) is 3. The standard InChI is InChI=1S/C22H22BrN5O3/c1-12-6-13(2)21(14(3)7-12)26-20(30)10-31-18-5-4-15(23)8-16(18)17-9-19(29)27-22-24-11-25-28(17)22/h4-8,11,17H,9-10H2,1-3H3,(H,26,30)(H,24,25,27,29)/t17-/m0/s1. The molecular formula is C22H22BrN5O3. The molecule has 0 saturated carbocycles. The zero-order valence-electron chi connectivity index (χ0n) is 17.4. The number of hydrogen-bond donors (Lipinski definition) is 2. The summed E-state index contributed by atoms with van der Waals surface area (Å²) < 4.78 is 8.36. The van der Waals surface area contributed by atoms with Crippen LogP contribution < -0.4 is 15.4 Å². The van der Waals surface area contributed by atoms with E-state index in [1.165, 1.54) is 6.33 Å². The Kier molecular flexibility index (Phi) is 5.77. The van der Waals surface area contributed by atoms with Gasteiger partial charge in [-0.3, -0.25) is 14.9 Å². The van der Waals surface area contributed by atoms with Crippen molar-refractivity contribution in [2.24, 2.45) is 0 Å². The first-order chi connectivity index (χ1) is 14.8. The summed E-state index contributed by atoms with van der Waals surface area (Å²) in [4.78, 5) is 28.8. The number of aromatic nitrogens is 3. The van der Waals surface area contributed by atoms with Gasteiger partial charge in [-0.1, -0.05) is 33.6 Å². The zero-order valence-corrected chi connectivity index (χ0v) is 19.0. The van der Waals surface area contributed by atoms with Gasteiger partial charge in [0.05, 0.1) is 12.5 Å². The second-order valence-corrected chi connectivity index (χ2v) is 8.50. The van der Waals surface area contributed by atoms with Crippen molar-refractivity contribution in [1.82, 2.24) is 14.8 Å². The minimum atomic E-state index is -0.386. The third kappa shape index (κ3) is 4.46. The van der Waals surface area contributed by atoms with Gasteiger partial charge in [0, 0.05) is 15.7 Å². The molecule has 2 heterocycles. The molecule has 1 aromatic heterocycles. The molecule has 31 heavy (non-hydrogen) atoms. The lowest BCUT2D eigenvalue weighted by Crippen LogP contribution is -2.30. The summed E-state index contributed by atoms with van der Waals surface area (Å²) in [5.74, 6) is 0.485. The Morgan fingerprint density at radius 1 is 1.26 bits per heavy atom. The van der Waals surface area contributed by atoms with E-state index in [4.69, 9.17) is 4.74 Å². The van der Waals surface area contributed by atoms with E-state index < -0.39 is 0 Å². The molecule has 160 valence electrons. The van der Waals surface area contributed by atoms with E-state index in [1.807, 2.05) is 45.0 Å². The number of ether oxygens (including phenoxy) is 1. The molecule has 0 fully saturated rings. The fraction of sp³-hybridized carbons (Fsp3) is 0.273. The maximum Gasteiger partial charge on any atom is 0.262 e. The van der Waals surface area contributed by atoms with E-state index in [1.54, 1.807) is 10.7 Å². The normalized spacial score (nSPS) is 15.2.